The van der Waals surface area contributed by atoms with E-state index in [-0.39, 0.29) is 17.6 Å². The van der Waals surface area contributed by atoms with Crippen LogP contribution in [0.25, 0.3) is 17.1 Å². The molecule has 4 heterocycles. The predicted molar refractivity (Wildman–Crippen MR) is 138 cm³/mol. The van der Waals surface area contributed by atoms with Gasteiger partial charge in [-0.25, -0.2) is 9.78 Å². The van der Waals surface area contributed by atoms with Crippen LogP contribution in [0.4, 0.5) is 10.5 Å². The van der Waals surface area contributed by atoms with E-state index in [4.69, 9.17) is 9.47 Å². The van der Waals surface area contributed by atoms with Gasteiger partial charge < -0.3 is 29.6 Å². The number of hydrogen-bond acceptors (Lipinski definition) is 7. The number of carbonyl (C=O) groups excluding carboxylic acids is 2. The zero-order chi connectivity index (χ0) is 25.2. The molecule has 1 aromatic carbocycles. The summed E-state index contributed by atoms with van der Waals surface area (Å²) >= 11 is 0. The van der Waals surface area contributed by atoms with Crippen LogP contribution in [0.15, 0.2) is 42.4 Å². The van der Waals surface area contributed by atoms with E-state index < -0.39 is 0 Å². The standard InChI is InChI=1S/C26H30N6O4/c1-27-26(34)29-18-4-5-22-21(13-18)24(33)23(36-22)12-17-16-32(11-10-31-8-6-30(2)7-9-31)25-20(17)14-19(35-3)15-28-25/h4-5,12-16H,6-11H2,1-3H3,(H2,27,29,34). The number of benzene rings is 1. The lowest BCUT2D eigenvalue weighted by Crippen LogP contribution is -2.45. The summed E-state index contributed by atoms with van der Waals surface area (Å²) < 4.78 is 13.4. The SMILES string of the molecule is CNC(=O)Nc1ccc2c(c1)C(=O)C(=Cc1cn(CCN3CCN(C)CC3)c3ncc(OC)cc13)O2. The Labute approximate surface area is 209 Å². The first kappa shape index (κ1) is 23.8. The van der Waals surface area contributed by atoms with Gasteiger partial charge in [-0.1, -0.05) is 0 Å². The second-order valence-corrected chi connectivity index (χ2v) is 9.02. The highest BCUT2D eigenvalue weighted by Gasteiger charge is 2.28. The molecule has 0 bridgehead atoms. The molecule has 0 saturated carbocycles. The van der Waals surface area contributed by atoms with Crippen molar-refractivity contribution in [3.05, 3.63) is 53.5 Å². The Balaban J connectivity index is 1.42. The zero-order valence-corrected chi connectivity index (χ0v) is 20.7. The third-order valence-electron chi connectivity index (χ3n) is 6.65. The maximum Gasteiger partial charge on any atom is 0.318 e. The van der Waals surface area contributed by atoms with Crippen LogP contribution in [-0.2, 0) is 6.54 Å². The van der Waals surface area contributed by atoms with Gasteiger partial charge in [-0.05, 0) is 37.4 Å². The number of urea groups is 1. The lowest BCUT2D eigenvalue weighted by Gasteiger charge is -2.32. The molecule has 2 aromatic heterocycles. The molecule has 2 amide bonds. The number of piperazine rings is 1. The maximum absolute atomic E-state index is 13.2. The number of aromatic nitrogens is 2. The number of fused-ring (bicyclic) bond motifs is 2. The summed E-state index contributed by atoms with van der Waals surface area (Å²) in [5.74, 6) is 1.09. The average molecular weight is 491 g/mol. The first-order valence-corrected chi connectivity index (χ1v) is 12.0. The minimum atomic E-state index is -0.358. The largest absolute Gasteiger partial charge is 0.495 e. The van der Waals surface area contributed by atoms with Crippen molar-refractivity contribution in [2.24, 2.45) is 0 Å². The number of carbonyl (C=O) groups is 2. The molecular weight excluding hydrogens is 460 g/mol. The lowest BCUT2D eigenvalue weighted by atomic mass is 10.1. The molecule has 10 heteroatoms. The van der Waals surface area contributed by atoms with Crippen molar-refractivity contribution in [3.8, 4) is 11.5 Å². The molecule has 0 atom stereocenters. The number of amides is 2. The number of pyridine rings is 1. The quantitative estimate of drug-likeness (QED) is 0.513. The van der Waals surface area contributed by atoms with Crippen LogP contribution in [0.5, 0.6) is 11.5 Å². The van der Waals surface area contributed by atoms with Crippen molar-refractivity contribution in [1.82, 2.24) is 24.7 Å². The fourth-order valence-corrected chi connectivity index (χ4v) is 4.50. The zero-order valence-electron chi connectivity index (χ0n) is 20.7. The summed E-state index contributed by atoms with van der Waals surface area (Å²) in [6, 6.07) is 6.58. The third kappa shape index (κ3) is 4.77. The van der Waals surface area contributed by atoms with E-state index >= 15 is 0 Å². The first-order chi connectivity index (χ1) is 17.4. The molecule has 2 aliphatic heterocycles. The number of Topliss-reactive ketones (excluding diaryl/α,β-unsaturated/α-hetero) is 1. The fourth-order valence-electron chi connectivity index (χ4n) is 4.50. The van der Waals surface area contributed by atoms with Gasteiger partial charge in [0.05, 0.1) is 18.9 Å². The van der Waals surface area contributed by atoms with Crippen molar-refractivity contribution in [3.63, 3.8) is 0 Å². The third-order valence-corrected chi connectivity index (χ3v) is 6.65. The summed E-state index contributed by atoms with van der Waals surface area (Å²) in [6.45, 7) is 5.94. The van der Waals surface area contributed by atoms with Crippen molar-refractivity contribution < 1.29 is 19.1 Å². The Morgan fingerprint density at radius 2 is 2.00 bits per heavy atom. The highest BCUT2D eigenvalue weighted by Crippen LogP contribution is 2.35. The number of ketones is 1. The Kier molecular flexibility index (Phi) is 6.62. The number of likely N-dealkylation sites (N-methyl/N-ethyl adjacent to an activating group) is 1. The Bertz CT molecular complexity index is 1340. The molecule has 188 valence electrons. The van der Waals surface area contributed by atoms with Crippen molar-refractivity contribution in [2.75, 3.05) is 59.2 Å². The number of anilines is 1. The number of rotatable bonds is 6. The van der Waals surface area contributed by atoms with Crippen LogP contribution in [0.2, 0.25) is 0 Å². The van der Waals surface area contributed by atoms with Gasteiger partial charge in [-0.15, -0.1) is 0 Å². The monoisotopic (exact) mass is 490 g/mol. The molecule has 10 nitrogen and oxygen atoms in total. The van der Waals surface area contributed by atoms with Crippen molar-refractivity contribution >= 4 is 34.6 Å². The highest BCUT2D eigenvalue weighted by molar-refractivity contribution is 6.15. The second-order valence-electron chi connectivity index (χ2n) is 9.02. The molecule has 3 aromatic rings. The van der Waals surface area contributed by atoms with Gasteiger partial charge in [0.25, 0.3) is 0 Å². The summed E-state index contributed by atoms with van der Waals surface area (Å²) in [6.07, 6.45) is 5.47. The van der Waals surface area contributed by atoms with E-state index in [1.165, 1.54) is 7.05 Å². The summed E-state index contributed by atoms with van der Waals surface area (Å²) in [5.41, 5.74) is 2.58. The normalized spacial score (nSPS) is 17.3. The van der Waals surface area contributed by atoms with Crippen molar-refractivity contribution in [2.45, 2.75) is 6.54 Å². The van der Waals surface area contributed by atoms with Gasteiger partial charge >= 0.3 is 6.03 Å². The van der Waals surface area contributed by atoms with E-state index in [0.29, 0.717) is 22.7 Å². The first-order valence-electron chi connectivity index (χ1n) is 12.0. The number of methoxy groups -OCH3 is 1. The average Bonchev–Trinajstić information content (AvgIpc) is 3.40. The molecular formula is C26H30N6O4. The van der Waals surface area contributed by atoms with Gasteiger partial charge in [0, 0.05) is 69.2 Å². The van der Waals surface area contributed by atoms with Crippen LogP contribution in [0.3, 0.4) is 0 Å². The van der Waals surface area contributed by atoms with E-state index in [9.17, 15) is 9.59 Å². The van der Waals surface area contributed by atoms with Crippen LogP contribution < -0.4 is 20.1 Å². The smallest absolute Gasteiger partial charge is 0.318 e. The summed E-state index contributed by atoms with van der Waals surface area (Å²) in [7, 11) is 5.29. The molecule has 2 aliphatic rings. The predicted octanol–water partition coefficient (Wildman–Crippen LogP) is 2.66. The van der Waals surface area contributed by atoms with Crippen LogP contribution in [0, 0.1) is 0 Å². The molecule has 0 aliphatic carbocycles. The fraction of sp³-hybridized carbons (Fsp3) is 0.346. The second kappa shape index (κ2) is 10.00. The molecule has 0 unspecified atom stereocenters. The lowest BCUT2D eigenvalue weighted by molar-refractivity contribution is 0.101. The summed E-state index contributed by atoms with van der Waals surface area (Å²) in [4.78, 5) is 34.2. The van der Waals surface area contributed by atoms with Crippen LogP contribution in [-0.4, -0.2) is 85.1 Å². The molecule has 36 heavy (non-hydrogen) atoms. The van der Waals surface area contributed by atoms with E-state index in [0.717, 1.165) is 55.9 Å². The van der Waals surface area contributed by atoms with E-state index in [2.05, 4.69) is 37.0 Å². The Morgan fingerprint density at radius 3 is 2.75 bits per heavy atom. The molecule has 2 N–H and O–H groups in total. The number of hydrogen-bond donors (Lipinski definition) is 2. The number of allylic oxidation sites excluding steroid dienone is 1. The van der Waals surface area contributed by atoms with Gasteiger partial charge in [0.15, 0.2) is 5.76 Å². The van der Waals surface area contributed by atoms with E-state index in [1.807, 2.05) is 12.3 Å². The van der Waals surface area contributed by atoms with E-state index in [1.54, 1.807) is 37.6 Å². The molecule has 0 spiro atoms. The molecule has 0 radical (unpaired) electrons. The van der Waals surface area contributed by atoms with Crippen LogP contribution in [0.1, 0.15) is 15.9 Å². The number of nitrogens with zero attached hydrogens (tertiary/aromatic N) is 4. The number of nitrogens with one attached hydrogen (secondary N) is 2. The maximum atomic E-state index is 13.2. The van der Waals surface area contributed by atoms with Gasteiger partial charge in [0.2, 0.25) is 5.78 Å². The van der Waals surface area contributed by atoms with Crippen molar-refractivity contribution in [1.29, 1.82) is 0 Å². The van der Waals surface area contributed by atoms with Gasteiger partial charge in [0.1, 0.15) is 17.1 Å². The Hall–Kier alpha value is -3.89. The molecule has 1 fully saturated rings. The molecule has 5 rings (SSSR count). The topological polar surface area (TPSA) is 101 Å². The van der Waals surface area contributed by atoms with Gasteiger partial charge in [-0.3, -0.25) is 9.69 Å². The summed E-state index contributed by atoms with van der Waals surface area (Å²) in [5, 5.41) is 6.06. The Morgan fingerprint density at radius 1 is 1.19 bits per heavy atom. The molecule has 1 saturated heterocycles. The highest BCUT2D eigenvalue weighted by atomic mass is 16.5. The number of ether oxygens (including phenoxy) is 2. The van der Waals surface area contributed by atoms with Gasteiger partial charge in [-0.2, -0.15) is 0 Å². The minimum absolute atomic E-state index is 0.225. The minimum Gasteiger partial charge on any atom is -0.495 e. The van der Waals surface area contributed by atoms with Crippen LogP contribution >= 0.6 is 0 Å².